The Morgan fingerprint density at radius 2 is 1.76 bits per heavy atom. The van der Waals surface area contributed by atoms with Crippen molar-refractivity contribution in [1.29, 1.82) is 0 Å². The Bertz CT molecular complexity index is 1520. The number of benzene rings is 3. The van der Waals surface area contributed by atoms with Crippen LogP contribution in [0.2, 0.25) is 0 Å². The lowest BCUT2D eigenvalue weighted by atomic mass is 9.93. The molecule has 0 radical (unpaired) electrons. The molecule has 37 heavy (non-hydrogen) atoms. The summed E-state index contributed by atoms with van der Waals surface area (Å²) in [7, 11) is 0. The van der Waals surface area contributed by atoms with Crippen molar-refractivity contribution in [2.24, 2.45) is 0 Å². The van der Waals surface area contributed by atoms with Gasteiger partial charge in [0, 0.05) is 5.56 Å². The number of hydrogen-bond donors (Lipinski definition) is 1. The van der Waals surface area contributed by atoms with Crippen molar-refractivity contribution in [2.45, 2.75) is 39.7 Å². The Labute approximate surface area is 219 Å². The molecular weight excluding hydrogens is 484 g/mol. The van der Waals surface area contributed by atoms with Crippen LogP contribution in [-0.2, 0) is 9.59 Å². The number of ether oxygens (including phenoxy) is 1. The number of anilines is 1. The monoisotopic (exact) mass is 512 g/mol. The van der Waals surface area contributed by atoms with E-state index in [4.69, 9.17) is 9.72 Å². The number of fused-ring (bicyclic) bond motifs is 1. The smallest absolute Gasteiger partial charge is 0.301 e. The van der Waals surface area contributed by atoms with Gasteiger partial charge in [0.15, 0.2) is 5.13 Å². The topological polar surface area (TPSA) is 79.7 Å². The number of nitrogens with zero attached hydrogens (tertiary/aromatic N) is 2. The molecule has 7 heteroatoms. The van der Waals surface area contributed by atoms with Crippen LogP contribution in [0.4, 0.5) is 5.13 Å². The molecule has 0 saturated carbocycles. The molecule has 3 aromatic carbocycles. The number of aliphatic hydroxyl groups excluding tert-OH is 1. The number of aromatic nitrogens is 1. The molecule has 1 N–H and O–H groups in total. The summed E-state index contributed by atoms with van der Waals surface area (Å²) < 4.78 is 6.43. The minimum atomic E-state index is -0.811. The van der Waals surface area contributed by atoms with Crippen LogP contribution in [-0.4, -0.2) is 28.4 Å². The first-order chi connectivity index (χ1) is 17.8. The third kappa shape index (κ3) is 4.51. The third-order valence-electron chi connectivity index (χ3n) is 6.54. The fraction of sp³-hybridized carbons (Fsp3) is 0.233. The first kappa shape index (κ1) is 24.7. The highest BCUT2D eigenvalue weighted by Gasteiger charge is 2.48. The maximum absolute atomic E-state index is 13.5. The van der Waals surface area contributed by atoms with Crippen LogP contribution in [0.25, 0.3) is 16.0 Å². The van der Waals surface area contributed by atoms with Crippen molar-refractivity contribution in [3.05, 3.63) is 94.6 Å². The van der Waals surface area contributed by atoms with Crippen LogP contribution in [0.3, 0.4) is 0 Å². The first-order valence-electron chi connectivity index (χ1n) is 12.3. The van der Waals surface area contributed by atoms with Gasteiger partial charge in [0.25, 0.3) is 5.78 Å². The van der Waals surface area contributed by atoms with Crippen LogP contribution in [0.15, 0.2) is 72.3 Å². The number of rotatable bonds is 6. The van der Waals surface area contributed by atoms with Crippen molar-refractivity contribution < 1.29 is 19.4 Å². The van der Waals surface area contributed by atoms with E-state index in [1.165, 1.54) is 16.2 Å². The lowest BCUT2D eigenvalue weighted by Crippen LogP contribution is -2.29. The summed E-state index contributed by atoms with van der Waals surface area (Å²) in [6.07, 6.45) is 0. The van der Waals surface area contributed by atoms with E-state index >= 15 is 0 Å². The highest BCUT2D eigenvalue weighted by atomic mass is 32.1. The Kier molecular flexibility index (Phi) is 6.56. The molecule has 4 aromatic rings. The Morgan fingerprint density at radius 1 is 1.05 bits per heavy atom. The van der Waals surface area contributed by atoms with Gasteiger partial charge in [-0.1, -0.05) is 55.5 Å². The second-order valence-electron chi connectivity index (χ2n) is 9.42. The van der Waals surface area contributed by atoms with Crippen molar-refractivity contribution >= 4 is 44.1 Å². The normalized spacial score (nSPS) is 17.2. The molecule has 0 unspecified atom stereocenters. The van der Waals surface area contributed by atoms with Gasteiger partial charge in [-0.2, -0.15) is 0 Å². The molecule has 1 aliphatic heterocycles. The number of hydrogen-bond acceptors (Lipinski definition) is 6. The maximum atomic E-state index is 13.5. The fourth-order valence-electron chi connectivity index (χ4n) is 4.56. The summed E-state index contributed by atoms with van der Waals surface area (Å²) in [5.74, 6) is -0.679. The zero-order valence-corrected chi connectivity index (χ0v) is 22.0. The predicted octanol–water partition coefficient (Wildman–Crippen LogP) is 6.75. The van der Waals surface area contributed by atoms with Crippen molar-refractivity contribution in [1.82, 2.24) is 4.98 Å². The molecule has 1 aromatic heterocycles. The van der Waals surface area contributed by atoms with E-state index in [0.29, 0.717) is 29.0 Å². The van der Waals surface area contributed by atoms with Gasteiger partial charge in [-0.05, 0) is 72.9 Å². The fourth-order valence-corrected chi connectivity index (χ4v) is 5.65. The summed E-state index contributed by atoms with van der Waals surface area (Å²) in [6.45, 7) is 8.62. The summed E-state index contributed by atoms with van der Waals surface area (Å²) in [5.41, 5.74) is 4.19. The molecule has 1 aliphatic rings. The molecule has 188 valence electrons. The molecular formula is C30H28N2O4S. The number of thiazole rings is 1. The first-order valence-corrected chi connectivity index (χ1v) is 13.1. The number of carbonyl (C=O) groups is 2. The van der Waals surface area contributed by atoms with Crippen LogP contribution in [0.1, 0.15) is 55.0 Å². The number of ketones is 1. The Balaban J connectivity index is 1.68. The zero-order chi connectivity index (χ0) is 26.3. The van der Waals surface area contributed by atoms with Crippen molar-refractivity contribution in [2.75, 3.05) is 11.5 Å². The number of Topliss-reactive ketones (excluding diaryl/α,β-unsaturated/α-hetero) is 1. The molecule has 1 saturated heterocycles. The quantitative estimate of drug-likeness (QED) is 0.176. The Morgan fingerprint density at radius 3 is 2.41 bits per heavy atom. The van der Waals surface area contributed by atoms with Crippen LogP contribution in [0, 0.1) is 6.92 Å². The molecule has 5 rings (SSSR count). The minimum absolute atomic E-state index is 0.0434. The highest BCUT2D eigenvalue weighted by molar-refractivity contribution is 7.22. The summed E-state index contributed by atoms with van der Waals surface area (Å²) >= 11 is 1.36. The number of aliphatic hydroxyl groups is 1. The van der Waals surface area contributed by atoms with Crippen LogP contribution < -0.4 is 9.64 Å². The third-order valence-corrected chi connectivity index (χ3v) is 7.56. The summed E-state index contributed by atoms with van der Waals surface area (Å²) in [4.78, 5) is 33.0. The van der Waals surface area contributed by atoms with E-state index in [0.717, 1.165) is 26.9 Å². The van der Waals surface area contributed by atoms with Gasteiger partial charge in [0.1, 0.15) is 11.5 Å². The van der Waals surface area contributed by atoms with Crippen LogP contribution >= 0.6 is 11.3 Å². The summed E-state index contributed by atoms with van der Waals surface area (Å²) in [5, 5.41) is 11.8. The number of aryl methyl sites for hydroxylation is 1. The highest BCUT2D eigenvalue weighted by Crippen LogP contribution is 2.44. The lowest BCUT2D eigenvalue weighted by Gasteiger charge is -2.23. The lowest BCUT2D eigenvalue weighted by molar-refractivity contribution is -0.132. The SMILES string of the molecule is CCOc1ccc(/C(O)=C2\C(=O)C(=O)N(c3nc4ccc(C)cc4s3)[C@@H]2c2ccc(C(C)C)cc2)cc1. The molecule has 0 spiro atoms. The second-order valence-corrected chi connectivity index (χ2v) is 10.4. The van der Waals surface area contributed by atoms with E-state index in [2.05, 4.69) is 13.8 Å². The maximum Gasteiger partial charge on any atom is 0.301 e. The van der Waals surface area contributed by atoms with Gasteiger partial charge < -0.3 is 9.84 Å². The molecule has 0 bridgehead atoms. The molecule has 6 nitrogen and oxygen atoms in total. The standard InChI is InChI=1S/C30H28N2O4S/c1-5-36-22-13-11-21(12-14-22)27(33)25-26(20-9-7-19(8-10-20)17(2)3)32(29(35)28(25)34)30-31-23-15-6-18(4)16-24(23)37-30/h6-17,26,33H,5H2,1-4H3/b27-25+/t26-/m1/s1. The number of carbonyl (C=O) groups excluding carboxylic acids is 2. The van der Waals surface area contributed by atoms with Gasteiger partial charge in [-0.3, -0.25) is 14.5 Å². The van der Waals surface area contributed by atoms with Gasteiger partial charge in [0.2, 0.25) is 0 Å². The number of amides is 1. The Hall–Kier alpha value is -3.97. The van der Waals surface area contributed by atoms with Crippen molar-refractivity contribution in [3.8, 4) is 5.75 Å². The van der Waals surface area contributed by atoms with E-state index < -0.39 is 17.7 Å². The van der Waals surface area contributed by atoms with E-state index in [-0.39, 0.29) is 11.3 Å². The van der Waals surface area contributed by atoms with Crippen LogP contribution in [0.5, 0.6) is 5.75 Å². The molecule has 1 amide bonds. The predicted molar refractivity (Wildman–Crippen MR) is 147 cm³/mol. The van der Waals surface area contributed by atoms with Gasteiger partial charge in [0.05, 0.1) is 28.4 Å². The van der Waals surface area contributed by atoms with E-state index in [9.17, 15) is 14.7 Å². The second kappa shape index (κ2) is 9.82. The van der Waals surface area contributed by atoms with Gasteiger partial charge in [-0.15, -0.1) is 0 Å². The zero-order valence-electron chi connectivity index (χ0n) is 21.2. The molecule has 1 atom stereocenters. The average Bonchev–Trinajstić information content (AvgIpc) is 3.42. The largest absolute Gasteiger partial charge is 0.507 e. The molecule has 2 heterocycles. The van der Waals surface area contributed by atoms with E-state index in [1.807, 2.05) is 56.3 Å². The molecule has 0 aliphatic carbocycles. The molecule has 1 fully saturated rings. The average molecular weight is 513 g/mol. The summed E-state index contributed by atoms with van der Waals surface area (Å²) in [6, 6.07) is 19.8. The van der Waals surface area contributed by atoms with Gasteiger partial charge >= 0.3 is 5.91 Å². The minimum Gasteiger partial charge on any atom is -0.507 e. The van der Waals surface area contributed by atoms with Crippen molar-refractivity contribution in [3.63, 3.8) is 0 Å². The van der Waals surface area contributed by atoms with E-state index in [1.54, 1.807) is 24.3 Å². The van der Waals surface area contributed by atoms with Gasteiger partial charge in [-0.25, -0.2) is 4.98 Å².